The van der Waals surface area contributed by atoms with Gasteiger partial charge in [-0.15, -0.1) is 5.01 Å². The molecule has 0 radical (unpaired) electrons. The van der Waals surface area contributed by atoms with E-state index in [-0.39, 0.29) is 5.91 Å². The van der Waals surface area contributed by atoms with Crippen molar-refractivity contribution >= 4 is 18.2 Å². The van der Waals surface area contributed by atoms with Crippen molar-refractivity contribution in [2.24, 2.45) is 11.0 Å². The largest absolute Gasteiger partial charge is 0.489 e. The summed E-state index contributed by atoms with van der Waals surface area (Å²) >= 11 is 0. The van der Waals surface area contributed by atoms with Crippen molar-refractivity contribution in [3.8, 4) is 5.75 Å². The molecule has 1 saturated heterocycles. The van der Waals surface area contributed by atoms with E-state index in [9.17, 15) is 9.59 Å². The number of hydrogen-bond donors (Lipinski definition) is 1. The first-order valence-electron chi connectivity index (χ1n) is 10.0. The third-order valence-corrected chi connectivity index (χ3v) is 5.70. The number of nitrogens with one attached hydrogen (secondary N) is 1. The fraction of sp³-hybridized carbons (Fsp3) is 0.348. The van der Waals surface area contributed by atoms with Crippen LogP contribution in [0.3, 0.4) is 0 Å². The van der Waals surface area contributed by atoms with Gasteiger partial charge in [-0.25, -0.2) is 4.79 Å². The van der Waals surface area contributed by atoms with Crippen LogP contribution in [0.2, 0.25) is 0 Å². The van der Waals surface area contributed by atoms with E-state index in [1.807, 2.05) is 54.6 Å². The highest BCUT2D eigenvalue weighted by Gasteiger charge is 2.52. The molecule has 0 unspecified atom stereocenters. The summed E-state index contributed by atoms with van der Waals surface area (Å²) in [5.41, 5.74) is 1.06. The molecular weight excluding hydrogens is 366 g/mol. The highest BCUT2D eigenvalue weighted by Crippen LogP contribution is 2.36. The monoisotopic (exact) mass is 391 g/mol. The Kier molecular flexibility index (Phi) is 5.34. The lowest BCUT2D eigenvalue weighted by Crippen LogP contribution is -2.49. The summed E-state index contributed by atoms with van der Waals surface area (Å²) < 4.78 is 5.83. The number of hydrazone groups is 1. The van der Waals surface area contributed by atoms with Crippen molar-refractivity contribution in [3.63, 3.8) is 0 Å². The van der Waals surface area contributed by atoms with Crippen LogP contribution < -0.4 is 10.1 Å². The predicted molar refractivity (Wildman–Crippen MR) is 111 cm³/mol. The zero-order chi connectivity index (χ0) is 20.3. The molecule has 0 aromatic heterocycles. The van der Waals surface area contributed by atoms with Gasteiger partial charge in [-0.1, -0.05) is 49.4 Å². The second-order valence-electron chi connectivity index (χ2n) is 7.90. The van der Waals surface area contributed by atoms with Crippen LogP contribution in [0, 0.1) is 5.92 Å². The number of benzene rings is 2. The van der Waals surface area contributed by atoms with Crippen LogP contribution in [-0.4, -0.2) is 28.7 Å². The van der Waals surface area contributed by atoms with Crippen molar-refractivity contribution in [1.82, 2.24) is 10.3 Å². The first-order chi connectivity index (χ1) is 14.1. The SMILES string of the molecule is CC1CCC2(CC1)NC(=O)N(/N=C\c1cccc(OCc3ccccc3)c1)C2=O. The predicted octanol–water partition coefficient (Wildman–Crippen LogP) is 4.10. The van der Waals surface area contributed by atoms with Gasteiger partial charge in [0.2, 0.25) is 0 Å². The lowest BCUT2D eigenvalue weighted by Gasteiger charge is -2.33. The van der Waals surface area contributed by atoms with E-state index in [0.29, 0.717) is 31.1 Å². The van der Waals surface area contributed by atoms with Gasteiger partial charge >= 0.3 is 6.03 Å². The molecule has 3 amide bonds. The van der Waals surface area contributed by atoms with Crippen molar-refractivity contribution in [2.75, 3.05) is 0 Å². The minimum atomic E-state index is -0.776. The van der Waals surface area contributed by atoms with Crippen molar-refractivity contribution in [2.45, 2.75) is 44.8 Å². The number of rotatable bonds is 5. The maximum Gasteiger partial charge on any atom is 0.346 e. The van der Waals surface area contributed by atoms with Crippen LogP contribution in [0.5, 0.6) is 5.75 Å². The van der Waals surface area contributed by atoms with Crippen molar-refractivity contribution in [1.29, 1.82) is 0 Å². The number of carbonyl (C=O) groups excluding carboxylic acids is 2. The number of imide groups is 1. The number of amides is 3. The highest BCUT2D eigenvalue weighted by molar-refractivity contribution is 6.07. The topological polar surface area (TPSA) is 71.0 Å². The van der Waals surface area contributed by atoms with E-state index in [0.717, 1.165) is 29.0 Å². The second kappa shape index (κ2) is 8.07. The minimum Gasteiger partial charge on any atom is -0.489 e. The molecule has 1 spiro atoms. The van der Waals surface area contributed by atoms with Gasteiger partial charge in [0, 0.05) is 0 Å². The molecule has 1 heterocycles. The first-order valence-corrected chi connectivity index (χ1v) is 10.0. The maximum atomic E-state index is 12.9. The van der Waals surface area contributed by atoms with E-state index in [2.05, 4.69) is 17.3 Å². The van der Waals surface area contributed by atoms with Gasteiger partial charge in [-0.2, -0.15) is 5.10 Å². The maximum absolute atomic E-state index is 12.9. The summed E-state index contributed by atoms with van der Waals surface area (Å²) in [6.45, 7) is 2.65. The van der Waals surface area contributed by atoms with Crippen molar-refractivity contribution in [3.05, 3.63) is 65.7 Å². The summed E-state index contributed by atoms with van der Waals surface area (Å²) in [6, 6.07) is 16.9. The molecule has 150 valence electrons. The Balaban J connectivity index is 1.42. The van der Waals surface area contributed by atoms with E-state index < -0.39 is 11.6 Å². The molecule has 29 heavy (non-hydrogen) atoms. The molecule has 1 N–H and O–H groups in total. The molecule has 1 aliphatic carbocycles. The normalized spacial score (nSPS) is 24.3. The van der Waals surface area contributed by atoms with Gasteiger partial charge in [0.15, 0.2) is 0 Å². The molecule has 6 heteroatoms. The number of nitrogens with zero attached hydrogens (tertiary/aromatic N) is 2. The second-order valence-corrected chi connectivity index (χ2v) is 7.90. The molecule has 6 nitrogen and oxygen atoms in total. The standard InChI is InChI=1S/C23H25N3O3/c1-17-10-12-23(13-11-17)21(27)26(22(28)25-23)24-15-19-8-5-9-20(14-19)29-16-18-6-3-2-4-7-18/h2-9,14-15,17H,10-13,16H2,1H3,(H,25,28)/b24-15-. The summed E-state index contributed by atoms with van der Waals surface area (Å²) in [4.78, 5) is 25.2. The Morgan fingerprint density at radius 1 is 1.14 bits per heavy atom. The first kappa shape index (κ1) is 19.2. The summed E-state index contributed by atoms with van der Waals surface area (Å²) in [6.07, 6.45) is 4.74. The van der Waals surface area contributed by atoms with Gasteiger partial charge in [0.05, 0.1) is 6.21 Å². The van der Waals surface area contributed by atoms with Crippen LogP contribution in [-0.2, 0) is 11.4 Å². The van der Waals surface area contributed by atoms with Gasteiger partial charge in [0.1, 0.15) is 17.9 Å². The summed E-state index contributed by atoms with van der Waals surface area (Å²) in [5.74, 6) is 1.04. The number of urea groups is 1. The smallest absolute Gasteiger partial charge is 0.346 e. The van der Waals surface area contributed by atoms with Crippen LogP contribution in [0.1, 0.15) is 43.7 Å². The number of carbonyl (C=O) groups is 2. The van der Waals surface area contributed by atoms with Crippen LogP contribution in [0.15, 0.2) is 59.7 Å². The fourth-order valence-corrected chi connectivity index (χ4v) is 3.85. The molecule has 2 aliphatic rings. The molecule has 4 rings (SSSR count). The van der Waals surface area contributed by atoms with Crippen molar-refractivity contribution < 1.29 is 14.3 Å². The lowest BCUT2D eigenvalue weighted by molar-refractivity contribution is -0.132. The summed E-state index contributed by atoms with van der Waals surface area (Å²) in [7, 11) is 0. The molecular formula is C23H25N3O3. The van der Waals surface area contributed by atoms with E-state index >= 15 is 0 Å². The molecule has 2 aromatic carbocycles. The quantitative estimate of drug-likeness (QED) is 0.616. The average Bonchev–Trinajstić information content (AvgIpc) is 2.97. The van der Waals surface area contributed by atoms with Crippen LogP contribution >= 0.6 is 0 Å². The lowest BCUT2D eigenvalue weighted by atomic mass is 9.77. The van der Waals surface area contributed by atoms with Gasteiger partial charge < -0.3 is 10.1 Å². The van der Waals surface area contributed by atoms with Crippen LogP contribution in [0.25, 0.3) is 0 Å². The number of hydrogen-bond acceptors (Lipinski definition) is 4. The van der Waals surface area contributed by atoms with Crippen LogP contribution in [0.4, 0.5) is 4.79 Å². The zero-order valence-corrected chi connectivity index (χ0v) is 16.5. The Morgan fingerprint density at radius 2 is 1.90 bits per heavy atom. The molecule has 1 saturated carbocycles. The van der Waals surface area contributed by atoms with E-state index in [1.165, 1.54) is 6.21 Å². The molecule has 1 aliphatic heterocycles. The zero-order valence-electron chi connectivity index (χ0n) is 16.5. The molecule has 2 fully saturated rings. The van der Waals surface area contributed by atoms with Gasteiger partial charge in [0.25, 0.3) is 5.91 Å². The van der Waals surface area contributed by atoms with Gasteiger partial charge in [-0.05, 0) is 54.9 Å². The van der Waals surface area contributed by atoms with E-state index in [4.69, 9.17) is 4.74 Å². The number of ether oxygens (including phenoxy) is 1. The Bertz CT molecular complexity index is 918. The minimum absolute atomic E-state index is 0.248. The third-order valence-electron chi connectivity index (χ3n) is 5.70. The molecule has 2 aromatic rings. The fourth-order valence-electron chi connectivity index (χ4n) is 3.85. The third kappa shape index (κ3) is 4.16. The Hall–Kier alpha value is -3.15. The summed E-state index contributed by atoms with van der Waals surface area (Å²) in [5, 5.41) is 8.02. The van der Waals surface area contributed by atoms with E-state index in [1.54, 1.807) is 0 Å². The average molecular weight is 391 g/mol. The molecule has 0 atom stereocenters. The Morgan fingerprint density at radius 3 is 2.66 bits per heavy atom. The molecule has 0 bridgehead atoms. The Labute approximate surface area is 170 Å². The van der Waals surface area contributed by atoms with Gasteiger partial charge in [-0.3, -0.25) is 4.79 Å². The highest BCUT2D eigenvalue weighted by atomic mass is 16.5.